The Kier molecular flexibility index (Phi) is 7.33. The first-order valence-corrected chi connectivity index (χ1v) is 11.3. The third-order valence-electron chi connectivity index (χ3n) is 4.99. The fourth-order valence-corrected chi connectivity index (χ4v) is 4.04. The molecule has 0 atom stereocenters. The molecule has 1 aliphatic heterocycles. The molecule has 1 saturated heterocycles. The molecule has 0 saturated carbocycles. The predicted molar refractivity (Wildman–Crippen MR) is 122 cm³/mol. The minimum Gasteiger partial charge on any atom is -0.444 e. The number of likely N-dealkylation sites (tertiary alicyclic amines) is 1. The third kappa shape index (κ3) is 6.55. The van der Waals surface area contributed by atoms with Crippen molar-refractivity contribution in [3.63, 3.8) is 0 Å². The maximum Gasteiger partial charge on any atom is 0.407 e. The fourth-order valence-electron chi connectivity index (χ4n) is 3.42. The number of piperidine rings is 1. The average Bonchev–Trinajstić information content (AvgIpc) is 3.26. The summed E-state index contributed by atoms with van der Waals surface area (Å²) in [6, 6.07) is 10.7. The topological polar surface area (TPSA) is 87.7 Å². The number of amides is 3. The number of nitrogens with zero attached hydrogens (tertiary/aromatic N) is 1. The van der Waals surface area contributed by atoms with Crippen LogP contribution in [0.15, 0.2) is 41.8 Å². The number of benzene rings is 1. The molecule has 2 N–H and O–H groups in total. The lowest BCUT2D eigenvalue weighted by Gasteiger charge is -2.32. The minimum absolute atomic E-state index is 0.0966. The van der Waals surface area contributed by atoms with Gasteiger partial charge >= 0.3 is 6.09 Å². The second-order valence-electron chi connectivity index (χ2n) is 8.60. The molecule has 1 aliphatic rings. The van der Waals surface area contributed by atoms with Crippen LogP contribution < -0.4 is 10.6 Å². The Hall–Kier alpha value is -2.87. The summed E-state index contributed by atoms with van der Waals surface area (Å²) in [6.45, 7) is 7.23. The Balaban J connectivity index is 1.54. The highest BCUT2D eigenvalue weighted by molar-refractivity contribution is 7.12. The summed E-state index contributed by atoms with van der Waals surface area (Å²) in [5.74, 6) is -0.0202. The molecule has 3 amide bonds. The van der Waals surface area contributed by atoms with Gasteiger partial charge < -0.3 is 20.3 Å². The molecule has 0 spiro atoms. The van der Waals surface area contributed by atoms with Gasteiger partial charge in [0.15, 0.2) is 0 Å². The molecule has 2 aromatic rings. The van der Waals surface area contributed by atoms with E-state index >= 15 is 0 Å². The highest BCUT2D eigenvalue weighted by Crippen LogP contribution is 2.23. The molecular formula is C23H29N3O4S. The molecule has 7 nitrogen and oxygen atoms in total. The number of para-hydroxylation sites is 1. The lowest BCUT2D eigenvalue weighted by Crippen LogP contribution is -2.42. The van der Waals surface area contributed by atoms with Crippen molar-refractivity contribution in [1.82, 2.24) is 10.2 Å². The normalized spacial score (nSPS) is 14.7. The second kappa shape index (κ2) is 9.96. The highest BCUT2D eigenvalue weighted by atomic mass is 32.1. The van der Waals surface area contributed by atoms with E-state index in [1.807, 2.05) is 32.2 Å². The molecule has 3 rings (SSSR count). The number of hydrogen-bond donors (Lipinski definition) is 2. The Labute approximate surface area is 186 Å². The fraction of sp³-hybridized carbons (Fsp3) is 0.435. The number of rotatable bonds is 5. The van der Waals surface area contributed by atoms with E-state index in [0.717, 1.165) is 12.8 Å². The molecule has 0 unspecified atom stereocenters. The van der Waals surface area contributed by atoms with Crippen molar-refractivity contribution in [2.24, 2.45) is 5.92 Å². The zero-order valence-corrected chi connectivity index (χ0v) is 19.0. The zero-order chi connectivity index (χ0) is 22.4. The minimum atomic E-state index is -0.522. The van der Waals surface area contributed by atoms with Crippen molar-refractivity contribution in [3.8, 4) is 0 Å². The Morgan fingerprint density at radius 2 is 1.81 bits per heavy atom. The van der Waals surface area contributed by atoms with Gasteiger partial charge in [0, 0.05) is 19.6 Å². The van der Waals surface area contributed by atoms with Crippen LogP contribution >= 0.6 is 11.3 Å². The van der Waals surface area contributed by atoms with Crippen molar-refractivity contribution in [3.05, 3.63) is 52.2 Å². The Morgan fingerprint density at radius 1 is 1.10 bits per heavy atom. The molecule has 0 bridgehead atoms. The number of ether oxygens (including phenoxy) is 1. The SMILES string of the molecule is CC(C)(C)OC(=O)NCC1CCN(C(=O)c2ccccc2NC(=O)c2cccs2)CC1. The summed E-state index contributed by atoms with van der Waals surface area (Å²) >= 11 is 1.36. The number of carbonyl (C=O) groups is 3. The number of thiophene rings is 1. The molecule has 1 aromatic carbocycles. The lowest BCUT2D eigenvalue weighted by atomic mass is 9.96. The van der Waals surface area contributed by atoms with E-state index in [0.29, 0.717) is 41.7 Å². The van der Waals surface area contributed by atoms with Crippen LogP contribution in [0.25, 0.3) is 0 Å². The zero-order valence-electron chi connectivity index (χ0n) is 18.1. The van der Waals surface area contributed by atoms with E-state index in [1.54, 1.807) is 35.2 Å². The smallest absolute Gasteiger partial charge is 0.407 e. The maximum atomic E-state index is 13.1. The van der Waals surface area contributed by atoms with Crippen molar-refractivity contribution in [1.29, 1.82) is 0 Å². The van der Waals surface area contributed by atoms with Crippen molar-refractivity contribution in [2.75, 3.05) is 25.0 Å². The Morgan fingerprint density at radius 3 is 2.45 bits per heavy atom. The lowest BCUT2D eigenvalue weighted by molar-refractivity contribution is 0.0500. The van der Waals surface area contributed by atoms with Crippen LogP contribution in [0.2, 0.25) is 0 Å². The monoisotopic (exact) mass is 443 g/mol. The molecule has 2 heterocycles. The van der Waals surface area contributed by atoms with E-state index in [9.17, 15) is 14.4 Å². The standard InChI is InChI=1S/C23H29N3O4S/c1-23(2,3)30-22(29)24-15-16-10-12-26(13-11-16)21(28)17-7-4-5-8-18(17)25-20(27)19-9-6-14-31-19/h4-9,14,16H,10-13,15H2,1-3H3,(H,24,29)(H,25,27). The number of carbonyl (C=O) groups excluding carboxylic acids is 3. The van der Waals surface area contributed by atoms with Crippen LogP contribution in [0.3, 0.4) is 0 Å². The van der Waals surface area contributed by atoms with Crippen molar-refractivity contribution >= 4 is 34.9 Å². The van der Waals surface area contributed by atoms with E-state index in [1.165, 1.54) is 11.3 Å². The molecule has 0 aliphatic carbocycles. The van der Waals surface area contributed by atoms with Crippen LogP contribution in [0.5, 0.6) is 0 Å². The van der Waals surface area contributed by atoms with Gasteiger partial charge in [0.05, 0.1) is 16.1 Å². The summed E-state index contributed by atoms with van der Waals surface area (Å²) < 4.78 is 5.27. The summed E-state index contributed by atoms with van der Waals surface area (Å²) in [5, 5.41) is 7.51. The number of hydrogen-bond acceptors (Lipinski definition) is 5. The third-order valence-corrected chi connectivity index (χ3v) is 5.85. The molecular weight excluding hydrogens is 414 g/mol. The predicted octanol–water partition coefficient (Wildman–Crippen LogP) is 4.38. The van der Waals surface area contributed by atoms with Gasteiger partial charge in [0.1, 0.15) is 5.60 Å². The van der Waals surface area contributed by atoms with Gasteiger partial charge in [0.2, 0.25) is 0 Å². The van der Waals surface area contributed by atoms with Gasteiger partial charge in [-0.3, -0.25) is 9.59 Å². The number of alkyl carbamates (subject to hydrolysis) is 1. The average molecular weight is 444 g/mol. The second-order valence-corrected chi connectivity index (χ2v) is 9.54. The summed E-state index contributed by atoms with van der Waals surface area (Å²) in [7, 11) is 0. The maximum absolute atomic E-state index is 13.1. The molecule has 1 fully saturated rings. The van der Waals surface area contributed by atoms with Gasteiger partial charge in [-0.25, -0.2) is 4.79 Å². The van der Waals surface area contributed by atoms with Crippen LogP contribution in [0.4, 0.5) is 10.5 Å². The van der Waals surface area contributed by atoms with Crippen molar-refractivity contribution in [2.45, 2.75) is 39.2 Å². The van der Waals surface area contributed by atoms with Gasteiger partial charge in [-0.1, -0.05) is 18.2 Å². The Bertz CT molecular complexity index is 913. The summed E-state index contributed by atoms with van der Waals surface area (Å²) in [6.07, 6.45) is 1.18. The molecule has 31 heavy (non-hydrogen) atoms. The number of nitrogens with one attached hydrogen (secondary N) is 2. The van der Waals surface area contributed by atoms with Crippen LogP contribution in [-0.4, -0.2) is 48.0 Å². The number of anilines is 1. The summed E-state index contributed by atoms with van der Waals surface area (Å²) in [4.78, 5) is 39.8. The first-order chi connectivity index (χ1) is 14.7. The van der Waals surface area contributed by atoms with E-state index in [4.69, 9.17) is 4.74 Å². The van der Waals surface area contributed by atoms with Gasteiger partial charge in [-0.2, -0.15) is 0 Å². The first-order valence-electron chi connectivity index (χ1n) is 10.4. The van der Waals surface area contributed by atoms with E-state index < -0.39 is 11.7 Å². The first kappa shape index (κ1) is 22.8. The molecule has 1 aromatic heterocycles. The van der Waals surface area contributed by atoms with Gasteiger partial charge in [0.25, 0.3) is 11.8 Å². The highest BCUT2D eigenvalue weighted by Gasteiger charge is 2.26. The van der Waals surface area contributed by atoms with E-state index in [-0.39, 0.29) is 11.8 Å². The van der Waals surface area contributed by atoms with Gasteiger partial charge in [-0.05, 0) is 63.1 Å². The van der Waals surface area contributed by atoms with Crippen LogP contribution in [0.1, 0.15) is 53.6 Å². The van der Waals surface area contributed by atoms with Crippen LogP contribution in [0, 0.1) is 5.92 Å². The molecule has 166 valence electrons. The largest absolute Gasteiger partial charge is 0.444 e. The quantitative estimate of drug-likeness (QED) is 0.718. The molecule has 8 heteroatoms. The van der Waals surface area contributed by atoms with Crippen LogP contribution in [-0.2, 0) is 4.74 Å². The van der Waals surface area contributed by atoms with Gasteiger partial charge in [-0.15, -0.1) is 11.3 Å². The van der Waals surface area contributed by atoms with Crippen molar-refractivity contribution < 1.29 is 19.1 Å². The van der Waals surface area contributed by atoms with E-state index in [2.05, 4.69) is 10.6 Å². The summed E-state index contributed by atoms with van der Waals surface area (Å²) in [5.41, 5.74) is 0.476. The molecule has 0 radical (unpaired) electrons.